The standard InChI is InChI=1S/C24H38O2/c1-7-26-22(25)21-19(24(21,5)6)14-11-16(2)9-8-10-17-12-13-18-15-20(17)23(18,3)4/h9,12,18-21H,7-8,10-11,13-15H2,1-6H3/b16-9+/t18-,19?,20-,21?/m1/s1. The Morgan fingerprint density at radius 2 is 2.00 bits per heavy atom. The summed E-state index contributed by atoms with van der Waals surface area (Å²) < 4.78 is 5.24. The molecule has 2 heteroatoms. The Kier molecular flexibility index (Phi) is 5.43. The van der Waals surface area contributed by atoms with E-state index in [0.29, 0.717) is 17.9 Å². The molecule has 146 valence electrons. The molecule has 2 saturated carbocycles. The number of hydrogen-bond donors (Lipinski definition) is 0. The monoisotopic (exact) mass is 358 g/mol. The van der Waals surface area contributed by atoms with E-state index in [1.807, 2.05) is 6.92 Å². The summed E-state index contributed by atoms with van der Waals surface area (Å²) in [6, 6.07) is 0. The van der Waals surface area contributed by atoms with E-state index >= 15 is 0 Å². The van der Waals surface area contributed by atoms with Gasteiger partial charge in [-0.05, 0) is 81.0 Å². The Bertz CT molecular complexity index is 608. The van der Waals surface area contributed by atoms with Gasteiger partial charge in [0.1, 0.15) is 0 Å². The van der Waals surface area contributed by atoms with Crippen molar-refractivity contribution < 1.29 is 9.53 Å². The van der Waals surface area contributed by atoms with Gasteiger partial charge < -0.3 is 4.74 Å². The van der Waals surface area contributed by atoms with E-state index in [0.717, 1.165) is 24.7 Å². The lowest BCUT2D eigenvalue weighted by Gasteiger charge is -2.56. The van der Waals surface area contributed by atoms with Crippen LogP contribution in [0.25, 0.3) is 0 Å². The molecule has 4 aliphatic carbocycles. The van der Waals surface area contributed by atoms with E-state index < -0.39 is 0 Å². The van der Waals surface area contributed by atoms with Gasteiger partial charge in [-0.1, -0.05) is 51.0 Å². The van der Waals surface area contributed by atoms with E-state index in [4.69, 9.17) is 4.74 Å². The summed E-state index contributed by atoms with van der Waals surface area (Å²) in [5.41, 5.74) is 3.86. The zero-order chi connectivity index (χ0) is 19.1. The molecule has 0 aromatic rings. The Morgan fingerprint density at radius 1 is 1.27 bits per heavy atom. The van der Waals surface area contributed by atoms with Crippen molar-refractivity contribution in [3.8, 4) is 0 Å². The average molecular weight is 359 g/mol. The van der Waals surface area contributed by atoms with Crippen LogP contribution >= 0.6 is 0 Å². The Balaban J connectivity index is 1.42. The molecule has 2 fully saturated rings. The molecule has 0 radical (unpaired) electrons. The van der Waals surface area contributed by atoms with Crippen LogP contribution in [0, 0.1) is 34.5 Å². The van der Waals surface area contributed by atoms with Gasteiger partial charge >= 0.3 is 5.97 Å². The summed E-state index contributed by atoms with van der Waals surface area (Å²) in [4.78, 5) is 12.1. The quantitative estimate of drug-likeness (QED) is 0.375. The second-order valence-electron chi connectivity index (χ2n) is 10.1. The number of carbonyl (C=O) groups is 1. The van der Waals surface area contributed by atoms with Crippen molar-refractivity contribution in [2.45, 2.75) is 80.1 Å². The molecule has 0 heterocycles. The highest BCUT2D eigenvalue weighted by Crippen LogP contribution is 2.61. The molecule has 2 unspecified atom stereocenters. The van der Waals surface area contributed by atoms with Crippen molar-refractivity contribution in [3.63, 3.8) is 0 Å². The topological polar surface area (TPSA) is 26.3 Å². The van der Waals surface area contributed by atoms with E-state index in [1.54, 1.807) is 5.57 Å². The number of ether oxygens (including phenoxy) is 1. The minimum atomic E-state index is 0.00906. The first kappa shape index (κ1) is 19.7. The van der Waals surface area contributed by atoms with Crippen molar-refractivity contribution in [2.24, 2.45) is 34.5 Å². The van der Waals surface area contributed by atoms with Gasteiger partial charge in [0.05, 0.1) is 12.5 Å². The fourth-order valence-corrected chi connectivity index (χ4v) is 5.71. The van der Waals surface area contributed by atoms with Crippen LogP contribution in [-0.2, 0) is 9.53 Å². The molecule has 0 saturated heterocycles. The van der Waals surface area contributed by atoms with Crippen molar-refractivity contribution in [1.82, 2.24) is 0 Å². The maximum atomic E-state index is 12.1. The van der Waals surface area contributed by atoms with E-state index in [2.05, 4.69) is 46.8 Å². The molecule has 0 amide bonds. The molecule has 0 aromatic carbocycles. The second-order valence-corrected chi connectivity index (χ2v) is 10.1. The van der Waals surface area contributed by atoms with Crippen LogP contribution in [0.3, 0.4) is 0 Å². The summed E-state index contributed by atoms with van der Waals surface area (Å²) in [6.45, 7) is 14.0. The molecule has 0 aromatic heterocycles. The summed E-state index contributed by atoms with van der Waals surface area (Å²) in [6.07, 6.45) is 12.3. The molecule has 26 heavy (non-hydrogen) atoms. The molecule has 2 nitrogen and oxygen atoms in total. The van der Waals surface area contributed by atoms with Crippen LogP contribution in [0.5, 0.6) is 0 Å². The maximum absolute atomic E-state index is 12.1. The van der Waals surface area contributed by atoms with Gasteiger partial charge in [-0.25, -0.2) is 0 Å². The smallest absolute Gasteiger partial charge is 0.309 e. The highest BCUT2D eigenvalue weighted by atomic mass is 16.5. The lowest BCUT2D eigenvalue weighted by molar-refractivity contribution is -0.145. The molecular formula is C24H38O2. The first-order valence-electron chi connectivity index (χ1n) is 10.7. The van der Waals surface area contributed by atoms with Crippen LogP contribution in [0.1, 0.15) is 80.1 Å². The van der Waals surface area contributed by atoms with Gasteiger partial charge in [0.15, 0.2) is 0 Å². The normalized spacial score (nSPS) is 33.9. The molecule has 0 spiro atoms. The fraction of sp³-hybridized carbons (Fsp3) is 0.792. The molecule has 4 aliphatic rings. The molecular weight excluding hydrogens is 320 g/mol. The lowest BCUT2D eigenvalue weighted by atomic mass is 9.48. The maximum Gasteiger partial charge on any atom is 0.309 e. The minimum absolute atomic E-state index is 0.00906. The van der Waals surface area contributed by atoms with Crippen molar-refractivity contribution in [1.29, 1.82) is 0 Å². The van der Waals surface area contributed by atoms with E-state index in [-0.39, 0.29) is 17.3 Å². The second kappa shape index (κ2) is 7.17. The molecule has 4 rings (SSSR count). The Morgan fingerprint density at radius 3 is 2.62 bits per heavy atom. The van der Waals surface area contributed by atoms with Crippen LogP contribution in [0.4, 0.5) is 0 Å². The van der Waals surface area contributed by atoms with Gasteiger partial charge in [0, 0.05) is 0 Å². The van der Waals surface area contributed by atoms with Crippen LogP contribution < -0.4 is 0 Å². The van der Waals surface area contributed by atoms with Gasteiger partial charge in [0.2, 0.25) is 0 Å². The highest BCUT2D eigenvalue weighted by molar-refractivity contribution is 5.77. The summed E-state index contributed by atoms with van der Waals surface area (Å²) in [7, 11) is 0. The average Bonchev–Trinajstić information content (AvgIpc) is 3.14. The number of rotatable bonds is 8. The number of fused-ring (bicyclic) bond motifs is 1. The highest BCUT2D eigenvalue weighted by Gasteiger charge is 2.61. The zero-order valence-electron chi connectivity index (χ0n) is 17.7. The van der Waals surface area contributed by atoms with Crippen molar-refractivity contribution >= 4 is 5.97 Å². The number of esters is 1. The van der Waals surface area contributed by atoms with Crippen LogP contribution in [0.15, 0.2) is 23.3 Å². The molecule has 0 aliphatic heterocycles. The van der Waals surface area contributed by atoms with Gasteiger partial charge in [-0.15, -0.1) is 0 Å². The third kappa shape index (κ3) is 3.53. The predicted octanol–water partition coefficient (Wildman–Crippen LogP) is 6.32. The molecule has 2 bridgehead atoms. The number of carbonyl (C=O) groups excluding carboxylic acids is 1. The SMILES string of the molecule is CCOC(=O)C1C(CC/C(C)=C/CCC2=CC[C@@H]3C[C@H]2C3(C)C)C1(C)C. The van der Waals surface area contributed by atoms with Crippen molar-refractivity contribution in [3.05, 3.63) is 23.3 Å². The summed E-state index contributed by atoms with van der Waals surface area (Å²) >= 11 is 0. The summed E-state index contributed by atoms with van der Waals surface area (Å²) in [5, 5.41) is 0. The first-order chi connectivity index (χ1) is 12.2. The Hall–Kier alpha value is -1.05. The predicted molar refractivity (Wildman–Crippen MR) is 108 cm³/mol. The Labute approximate surface area is 160 Å². The molecule has 4 atom stereocenters. The number of hydrogen-bond acceptors (Lipinski definition) is 2. The lowest BCUT2D eigenvalue weighted by Crippen LogP contribution is -2.47. The third-order valence-corrected chi connectivity index (χ3v) is 7.95. The minimum Gasteiger partial charge on any atom is -0.466 e. The molecule has 0 N–H and O–H groups in total. The third-order valence-electron chi connectivity index (χ3n) is 7.95. The number of allylic oxidation sites excluding steroid dienone is 4. The van der Waals surface area contributed by atoms with E-state index in [9.17, 15) is 4.79 Å². The van der Waals surface area contributed by atoms with Gasteiger partial charge in [-0.3, -0.25) is 4.79 Å². The van der Waals surface area contributed by atoms with Gasteiger partial charge in [-0.2, -0.15) is 0 Å². The largest absolute Gasteiger partial charge is 0.466 e. The van der Waals surface area contributed by atoms with Crippen molar-refractivity contribution in [2.75, 3.05) is 6.61 Å². The van der Waals surface area contributed by atoms with Crippen LogP contribution in [0.2, 0.25) is 0 Å². The van der Waals surface area contributed by atoms with E-state index in [1.165, 1.54) is 31.3 Å². The van der Waals surface area contributed by atoms with Gasteiger partial charge in [0.25, 0.3) is 0 Å². The zero-order valence-corrected chi connectivity index (χ0v) is 17.7. The first-order valence-corrected chi connectivity index (χ1v) is 10.7. The van der Waals surface area contributed by atoms with Crippen LogP contribution in [-0.4, -0.2) is 12.6 Å². The fourth-order valence-electron chi connectivity index (χ4n) is 5.71. The summed E-state index contributed by atoms with van der Waals surface area (Å²) in [5.74, 6) is 2.38.